The summed E-state index contributed by atoms with van der Waals surface area (Å²) >= 11 is 3.33. The molecule has 1 aromatic rings. The Kier molecular flexibility index (Phi) is 6.22. The van der Waals surface area contributed by atoms with Crippen LogP contribution in [0.1, 0.15) is 37.0 Å². The maximum atomic E-state index is 11.9. The third-order valence-corrected chi connectivity index (χ3v) is 3.33. The Morgan fingerprint density at radius 3 is 2.26 bits per heavy atom. The van der Waals surface area contributed by atoms with Crippen molar-refractivity contribution in [1.82, 2.24) is 4.90 Å². The van der Waals surface area contributed by atoms with Crippen LogP contribution in [0.25, 0.3) is 0 Å². The molecule has 0 radical (unpaired) electrons. The molecule has 0 saturated heterocycles. The number of hydrogen-bond acceptors (Lipinski definition) is 2. The molecule has 0 aliphatic heterocycles. The maximum absolute atomic E-state index is 11.9. The van der Waals surface area contributed by atoms with Crippen molar-refractivity contribution in [3.05, 3.63) is 34.3 Å². The monoisotopic (exact) mass is 325 g/mol. The molecule has 0 N–H and O–H groups in total. The molecule has 0 bridgehead atoms. The van der Waals surface area contributed by atoms with Crippen LogP contribution in [-0.2, 0) is 4.79 Å². The zero-order valence-electron chi connectivity index (χ0n) is 11.6. The summed E-state index contributed by atoms with van der Waals surface area (Å²) in [5.74, 6) is 0.481. The minimum absolute atomic E-state index is 0.0128. The lowest BCUT2D eigenvalue weighted by Gasteiger charge is -2.19. The Labute approximate surface area is 123 Å². The lowest BCUT2D eigenvalue weighted by molar-refractivity contribution is -0.130. The average Bonchev–Trinajstić information content (AvgIpc) is 2.35. The fourth-order valence-corrected chi connectivity index (χ4v) is 2.11. The van der Waals surface area contributed by atoms with Crippen LogP contribution in [0.15, 0.2) is 28.7 Å². The van der Waals surface area contributed by atoms with Crippen molar-refractivity contribution in [3.8, 4) is 0 Å². The summed E-state index contributed by atoms with van der Waals surface area (Å²) in [6.45, 7) is 4.86. The average molecular weight is 326 g/mol. The summed E-state index contributed by atoms with van der Waals surface area (Å²) in [6, 6.07) is 7.21. The van der Waals surface area contributed by atoms with Gasteiger partial charge in [0.25, 0.3) is 0 Å². The predicted octanol–water partition coefficient (Wildman–Crippen LogP) is 3.53. The van der Waals surface area contributed by atoms with Crippen molar-refractivity contribution in [3.63, 3.8) is 0 Å². The van der Waals surface area contributed by atoms with E-state index in [9.17, 15) is 9.59 Å². The van der Waals surface area contributed by atoms with E-state index in [1.54, 1.807) is 24.1 Å². The molecule has 104 valence electrons. The largest absolute Gasteiger partial charge is 0.345 e. The van der Waals surface area contributed by atoms with Crippen molar-refractivity contribution in [1.29, 1.82) is 0 Å². The zero-order chi connectivity index (χ0) is 14.4. The Morgan fingerprint density at radius 1 is 1.16 bits per heavy atom. The van der Waals surface area contributed by atoms with E-state index < -0.39 is 0 Å². The minimum atomic E-state index is 0.0128. The number of carbonyl (C=O) groups excluding carboxylic acids is 2. The molecule has 0 atom stereocenters. The first-order chi connectivity index (χ1) is 8.90. The first-order valence-corrected chi connectivity index (χ1v) is 7.22. The van der Waals surface area contributed by atoms with Crippen LogP contribution in [0.4, 0.5) is 0 Å². The van der Waals surface area contributed by atoms with Crippen LogP contribution < -0.4 is 0 Å². The third kappa shape index (κ3) is 5.55. The molecule has 1 rings (SSSR count). The first-order valence-electron chi connectivity index (χ1n) is 6.43. The van der Waals surface area contributed by atoms with E-state index in [0.29, 0.717) is 11.5 Å². The standard InChI is InChI=1S/C15H20BrNO2/c1-11(2)10-17(3)15(19)9-8-14(18)12-4-6-13(16)7-5-12/h4-7,11H,8-10H2,1-3H3. The minimum Gasteiger partial charge on any atom is -0.345 e. The van der Waals surface area contributed by atoms with Gasteiger partial charge >= 0.3 is 0 Å². The van der Waals surface area contributed by atoms with Gasteiger partial charge in [-0.05, 0) is 18.1 Å². The number of nitrogens with zero attached hydrogens (tertiary/aromatic N) is 1. The Bertz CT molecular complexity index is 440. The van der Waals surface area contributed by atoms with Crippen molar-refractivity contribution in [2.75, 3.05) is 13.6 Å². The van der Waals surface area contributed by atoms with Gasteiger partial charge in [0, 0.05) is 36.5 Å². The summed E-state index contributed by atoms with van der Waals surface area (Å²) < 4.78 is 0.941. The molecule has 3 nitrogen and oxygen atoms in total. The molecular weight excluding hydrogens is 306 g/mol. The van der Waals surface area contributed by atoms with Crippen LogP contribution >= 0.6 is 15.9 Å². The molecule has 0 heterocycles. The molecule has 0 aromatic heterocycles. The highest BCUT2D eigenvalue weighted by Gasteiger charge is 2.13. The molecule has 1 aromatic carbocycles. The van der Waals surface area contributed by atoms with Gasteiger partial charge in [-0.15, -0.1) is 0 Å². The number of rotatable bonds is 6. The van der Waals surface area contributed by atoms with Gasteiger partial charge in [-0.25, -0.2) is 0 Å². The van der Waals surface area contributed by atoms with Crippen LogP contribution in [0.2, 0.25) is 0 Å². The van der Waals surface area contributed by atoms with Gasteiger partial charge in [0.05, 0.1) is 0 Å². The zero-order valence-corrected chi connectivity index (χ0v) is 13.2. The van der Waals surface area contributed by atoms with Gasteiger partial charge in [-0.1, -0.05) is 41.9 Å². The second-order valence-electron chi connectivity index (χ2n) is 5.10. The van der Waals surface area contributed by atoms with Gasteiger partial charge in [0.2, 0.25) is 5.91 Å². The molecular formula is C15H20BrNO2. The van der Waals surface area contributed by atoms with Crippen molar-refractivity contribution < 1.29 is 9.59 Å². The highest BCUT2D eigenvalue weighted by molar-refractivity contribution is 9.10. The Balaban J connectivity index is 2.46. The molecule has 0 saturated carbocycles. The summed E-state index contributed by atoms with van der Waals surface area (Å²) in [5.41, 5.74) is 0.655. The quantitative estimate of drug-likeness (QED) is 0.750. The van der Waals surface area contributed by atoms with E-state index in [1.807, 2.05) is 12.1 Å². The van der Waals surface area contributed by atoms with Gasteiger partial charge in [0.1, 0.15) is 0 Å². The van der Waals surface area contributed by atoms with E-state index in [4.69, 9.17) is 0 Å². The number of Topliss-reactive ketones (excluding diaryl/α,β-unsaturated/α-hetero) is 1. The van der Waals surface area contributed by atoms with Crippen molar-refractivity contribution in [2.45, 2.75) is 26.7 Å². The van der Waals surface area contributed by atoms with Crippen LogP contribution in [0, 0.1) is 5.92 Å². The second-order valence-corrected chi connectivity index (χ2v) is 6.01. The highest BCUT2D eigenvalue weighted by atomic mass is 79.9. The molecule has 0 aliphatic carbocycles. The maximum Gasteiger partial charge on any atom is 0.222 e. The summed E-state index contributed by atoms with van der Waals surface area (Å²) in [4.78, 5) is 25.4. The molecule has 0 spiro atoms. The number of benzene rings is 1. The molecule has 0 fully saturated rings. The number of ketones is 1. The smallest absolute Gasteiger partial charge is 0.222 e. The van der Waals surface area contributed by atoms with E-state index in [2.05, 4.69) is 29.8 Å². The second kappa shape index (κ2) is 7.43. The Morgan fingerprint density at radius 2 is 1.74 bits per heavy atom. The van der Waals surface area contributed by atoms with E-state index in [1.165, 1.54) is 0 Å². The summed E-state index contributed by atoms with van der Waals surface area (Å²) in [6.07, 6.45) is 0.543. The normalized spacial score (nSPS) is 10.6. The van der Waals surface area contributed by atoms with Crippen LogP contribution in [0.5, 0.6) is 0 Å². The van der Waals surface area contributed by atoms with Crippen LogP contribution in [-0.4, -0.2) is 30.2 Å². The van der Waals surface area contributed by atoms with E-state index in [0.717, 1.165) is 11.0 Å². The molecule has 1 amide bonds. The molecule has 0 aliphatic rings. The number of hydrogen-bond donors (Lipinski definition) is 0. The fraction of sp³-hybridized carbons (Fsp3) is 0.467. The molecule has 0 unspecified atom stereocenters. The molecule has 19 heavy (non-hydrogen) atoms. The predicted molar refractivity (Wildman–Crippen MR) is 80.2 cm³/mol. The summed E-state index contributed by atoms with van der Waals surface area (Å²) in [5, 5.41) is 0. The lowest BCUT2D eigenvalue weighted by Crippen LogP contribution is -2.30. The summed E-state index contributed by atoms with van der Waals surface area (Å²) in [7, 11) is 1.78. The number of halogens is 1. The number of amides is 1. The van der Waals surface area contributed by atoms with Gasteiger partial charge < -0.3 is 4.90 Å². The topological polar surface area (TPSA) is 37.4 Å². The first kappa shape index (κ1) is 15.9. The Hall–Kier alpha value is -1.16. The SMILES string of the molecule is CC(C)CN(C)C(=O)CCC(=O)c1ccc(Br)cc1. The highest BCUT2D eigenvalue weighted by Crippen LogP contribution is 2.13. The van der Waals surface area contributed by atoms with Gasteiger partial charge in [-0.2, -0.15) is 0 Å². The van der Waals surface area contributed by atoms with Gasteiger partial charge in [0.15, 0.2) is 5.78 Å². The third-order valence-electron chi connectivity index (χ3n) is 2.80. The van der Waals surface area contributed by atoms with Gasteiger partial charge in [-0.3, -0.25) is 9.59 Å². The lowest BCUT2D eigenvalue weighted by atomic mass is 10.1. The van der Waals surface area contributed by atoms with E-state index >= 15 is 0 Å². The van der Waals surface area contributed by atoms with Crippen LogP contribution in [0.3, 0.4) is 0 Å². The van der Waals surface area contributed by atoms with Crippen molar-refractivity contribution in [2.24, 2.45) is 5.92 Å². The number of carbonyl (C=O) groups is 2. The van der Waals surface area contributed by atoms with E-state index in [-0.39, 0.29) is 24.5 Å². The van der Waals surface area contributed by atoms with Crippen molar-refractivity contribution >= 4 is 27.6 Å². The molecule has 4 heteroatoms. The fourth-order valence-electron chi connectivity index (χ4n) is 1.84.